The maximum atomic E-state index is 11.0. The molecule has 4 heteroatoms. The third kappa shape index (κ3) is 7.34. The number of nitrogens with zero attached hydrogens (tertiary/aromatic N) is 1. The Hall–Kier alpha value is -0.610. The molecule has 0 aromatic heterocycles. The first-order chi connectivity index (χ1) is 8.04. The zero-order chi connectivity index (χ0) is 13.3. The predicted octanol–water partition coefficient (Wildman–Crippen LogP) is 1.81. The van der Waals surface area contributed by atoms with Gasteiger partial charge in [0.25, 0.3) is 0 Å². The summed E-state index contributed by atoms with van der Waals surface area (Å²) in [6, 6.07) is -0.411. The Kier molecular flexibility index (Phi) is 9.09. The number of carbonyl (C=O) groups is 1. The molecule has 0 aliphatic heterocycles. The van der Waals surface area contributed by atoms with Crippen molar-refractivity contribution in [3.63, 3.8) is 0 Å². The van der Waals surface area contributed by atoms with E-state index in [0.29, 0.717) is 18.9 Å². The standard InChI is InChI=1S/C13H28N2O2/c1-5-11(4)10-15(7-3)9-8-12(13(16)17)14-6-2/h11-12,14H,5-10H2,1-4H3,(H,16,17). The van der Waals surface area contributed by atoms with E-state index in [1.807, 2.05) is 6.92 Å². The molecule has 17 heavy (non-hydrogen) atoms. The van der Waals surface area contributed by atoms with Crippen molar-refractivity contribution >= 4 is 5.97 Å². The molecule has 0 radical (unpaired) electrons. The van der Waals surface area contributed by atoms with Crippen LogP contribution in [0.15, 0.2) is 0 Å². The van der Waals surface area contributed by atoms with Crippen LogP contribution in [-0.4, -0.2) is 48.2 Å². The monoisotopic (exact) mass is 244 g/mol. The van der Waals surface area contributed by atoms with Gasteiger partial charge >= 0.3 is 5.97 Å². The summed E-state index contributed by atoms with van der Waals surface area (Å²) < 4.78 is 0. The topological polar surface area (TPSA) is 52.6 Å². The summed E-state index contributed by atoms with van der Waals surface area (Å²) in [6.45, 7) is 12.1. The van der Waals surface area contributed by atoms with Gasteiger partial charge in [0.15, 0.2) is 0 Å². The highest BCUT2D eigenvalue weighted by Crippen LogP contribution is 2.05. The highest BCUT2D eigenvalue weighted by molar-refractivity contribution is 5.73. The average Bonchev–Trinajstić information content (AvgIpc) is 2.31. The van der Waals surface area contributed by atoms with Crippen molar-refractivity contribution in [3.05, 3.63) is 0 Å². The lowest BCUT2D eigenvalue weighted by Gasteiger charge is -2.25. The van der Waals surface area contributed by atoms with Crippen molar-refractivity contribution in [2.75, 3.05) is 26.2 Å². The molecule has 0 amide bonds. The first-order valence-corrected chi connectivity index (χ1v) is 6.73. The number of hydrogen-bond donors (Lipinski definition) is 2. The third-order valence-electron chi connectivity index (χ3n) is 3.20. The van der Waals surface area contributed by atoms with Crippen LogP contribution in [-0.2, 0) is 4.79 Å². The largest absolute Gasteiger partial charge is 0.480 e. The summed E-state index contributed by atoms with van der Waals surface area (Å²) in [4.78, 5) is 13.3. The molecule has 0 aliphatic carbocycles. The maximum Gasteiger partial charge on any atom is 0.320 e. The lowest BCUT2D eigenvalue weighted by molar-refractivity contribution is -0.139. The minimum absolute atomic E-state index is 0.411. The van der Waals surface area contributed by atoms with E-state index in [-0.39, 0.29) is 0 Å². The van der Waals surface area contributed by atoms with E-state index in [4.69, 9.17) is 5.11 Å². The van der Waals surface area contributed by atoms with Crippen LogP contribution in [0.5, 0.6) is 0 Å². The summed E-state index contributed by atoms with van der Waals surface area (Å²) in [5.41, 5.74) is 0. The van der Waals surface area contributed by atoms with Crippen molar-refractivity contribution < 1.29 is 9.90 Å². The van der Waals surface area contributed by atoms with Gasteiger partial charge in [-0.3, -0.25) is 4.79 Å². The molecule has 2 atom stereocenters. The van der Waals surface area contributed by atoms with E-state index in [1.165, 1.54) is 6.42 Å². The molecule has 0 fully saturated rings. The van der Waals surface area contributed by atoms with Gasteiger partial charge in [0.1, 0.15) is 6.04 Å². The van der Waals surface area contributed by atoms with E-state index in [2.05, 4.69) is 31.0 Å². The molecule has 2 unspecified atom stereocenters. The first-order valence-electron chi connectivity index (χ1n) is 6.73. The van der Waals surface area contributed by atoms with Crippen LogP contribution in [0.2, 0.25) is 0 Å². The van der Waals surface area contributed by atoms with Crippen LogP contribution in [0.3, 0.4) is 0 Å². The molecule has 0 saturated heterocycles. The van der Waals surface area contributed by atoms with Gasteiger partial charge in [-0.05, 0) is 25.4 Å². The molecule has 0 aromatic rings. The fourth-order valence-corrected chi connectivity index (χ4v) is 1.82. The Bertz CT molecular complexity index is 210. The van der Waals surface area contributed by atoms with Gasteiger partial charge in [0.05, 0.1) is 0 Å². The molecule has 0 rings (SSSR count). The molecule has 0 saturated carbocycles. The third-order valence-corrected chi connectivity index (χ3v) is 3.20. The Morgan fingerprint density at radius 1 is 1.35 bits per heavy atom. The molecule has 0 aromatic carbocycles. The second-order valence-corrected chi connectivity index (χ2v) is 4.64. The molecule has 0 spiro atoms. The summed E-state index contributed by atoms with van der Waals surface area (Å²) in [5, 5.41) is 12.0. The van der Waals surface area contributed by atoms with Crippen LogP contribution in [0.4, 0.5) is 0 Å². The van der Waals surface area contributed by atoms with Gasteiger partial charge in [-0.25, -0.2) is 0 Å². The average molecular weight is 244 g/mol. The van der Waals surface area contributed by atoms with Crippen LogP contribution < -0.4 is 5.32 Å². The number of carboxylic acids is 1. The molecular weight excluding hydrogens is 216 g/mol. The number of likely N-dealkylation sites (N-methyl/N-ethyl adjacent to an activating group) is 1. The van der Waals surface area contributed by atoms with Gasteiger partial charge in [-0.2, -0.15) is 0 Å². The predicted molar refractivity (Wildman–Crippen MR) is 71.3 cm³/mol. The van der Waals surface area contributed by atoms with Gasteiger partial charge in [0.2, 0.25) is 0 Å². The fraction of sp³-hybridized carbons (Fsp3) is 0.923. The maximum absolute atomic E-state index is 11.0. The SMILES string of the molecule is CCNC(CCN(CC)CC(C)CC)C(=O)O. The zero-order valence-electron chi connectivity index (χ0n) is 11.7. The summed E-state index contributed by atoms with van der Waals surface area (Å²) in [5.74, 6) is -0.0659. The Balaban J connectivity index is 4.05. The second-order valence-electron chi connectivity index (χ2n) is 4.64. The molecule has 4 nitrogen and oxygen atoms in total. The normalized spacial score (nSPS) is 14.9. The van der Waals surface area contributed by atoms with Crippen molar-refractivity contribution in [2.24, 2.45) is 5.92 Å². The van der Waals surface area contributed by atoms with Crippen LogP contribution in [0.1, 0.15) is 40.5 Å². The quantitative estimate of drug-likeness (QED) is 0.615. The molecule has 102 valence electrons. The summed E-state index contributed by atoms with van der Waals surface area (Å²) in [6.07, 6.45) is 1.85. The molecule has 0 heterocycles. The van der Waals surface area contributed by atoms with Crippen molar-refractivity contribution in [1.82, 2.24) is 10.2 Å². The molecular formula is C13H28N2O2. The van der Waals surface area contributed by atoms with Crippen molar-refractivity contribution in [1.29, 1.82) is 0 Å². The minimum atomic E-state index is -0.744. The molecule has 0 aliphatic rings. The van der Waals surface area contributed by atoms with Crippen LogP contribution >= 0.6 is 0 Å². The van der Waals surface area contributed by atoms with Crippen LogP contribution in [0.25, 0.3) is 0 Å². The lowest BCUT2D eigenvalue weighted by Crippen LogP contribution is -2.40. The number of carboxylic acid groups (broad SMARTS) is 1. The van der Waals surface area contributed by atoms with Crippen molar-refractivity contribution in [3.8, 4) is 0 Å². The van der Waals surface area contributed by atoms with Gasteiger partial charge in [0, 0.05) is 13.1 Å². The number of aliphatic carboxylic acids is 1. The molecule has 0 bridgehead atoms. The second kappa shape index (κ2) is 9.42. The van der Waals surface area contributed by atoms with Gasteiger partial charge in [-0.15, -0.1) is 0 Å². The zero-order valence-corrected chi connectivity index (χ0v) is 11.7. The Morgan fingerprint density at radius 2 is 2.00 bits per heavy atom. The Labute approximate surface area is 105 Å². The number of hydrogen-bond acceptors (Lipinski definition) is 3. The van der Waals surface area contributed by atoms with E-state index in [0.717, 1.165) is 19.6 Å². The van der Waals surface area contributed by atoms with E-state index < -0.39 is 12.0 Å². The summed E-state index contributed by atoms with van der Waals surface area (Å²) >= 11 is 0. The van der Waals surface area contributed by atoms with Crippen LogP contribution in [0, 0.1) is 5.92 Å². The number of nitrogens with one attached hydrogen (secondary N) is 1. The summed E-state index contributed by atoms with van der Waals surface area (Å²) in [7, 11) is 0. The fourth-order valence-electron chi connectivity index (χ4n) is 1.82. The van der Waals surface area contributed by atoms with Gasteiger partial charge < -0.3 is 15.3 Å². The first kappa shape index (κ1) is 16.4. The Morgan fingerprint density at radius 3 is 2.41 bits per heavy atom. The van der Waals surface area contributed by atoms with E-state index >= 15 is 0 Å². The van der Waals surface area contributed by atoms with Crippen molar-refractivity contribution in [2.45, 2.75) is 46.6 Å². The highest BCUT2D eigenvalue weighted by Gasteiger charge is 2.17. The lowest BCUT2D eigenvalue weighted by atomic mass is 10.1. The smallest absolute Gasteiger partial charge is 0.320 e. The van der Waals surface area contributed by atoms with E-state index in [1.54, 1.807) is 0 Å². The molecule has 2 N–H and O–H groups in total. The van der Waals surface area contributed by atoms with E-state index in [9.17, 15) is 4.79 Å². The number of rotatable bonds is 10. The highest BCUT2D eigenvalue weighted by atomic mass is 16.4. The minimum Gasteiger partial charge on any atom is -0.480 e. The van der Waals surface area contributed by atoms with Gasteiger partial charge in [-0.1, -0.05) is 34.1 Å².